The Kier molecular flexibility index (Phi) is 3.55. The van der Waals surface area contributed by atoms with Crippen LogP contribution in [0.25, 0.3) is 6.08 Å². The Balaban J connectivity index is 3.26. The highest BCUT2D eigenvalue weighted by molar-refractivity contribution is 5.88. The number of rotatable bonds is 3. The number of aromatic nitrogens is 2. The number of carbonyl (C=O) groups excluding carboxylic acids is 1. The van der Waals surface area contributed by atoms with E-state index in [-0.39, 0.29) is 11.6 Å². The van der Waals surface area contributed by atoms with Crippen LogP contribution in [0, 0.1) is 0 Å². The SMILES string of the molecule is C=Cc1cc(C(C)C)c(C(=O)OC)nn1. The van der Waals surface area contributed by atoms with Gasteiger partial charge in [-0.1, -0.05) is 20.4 Å². The van der Waals surface area contributed by atoms with E-state index in [4.69, 9.17) is 0 Å². The summed E-state index contributed by atoms with van der Waals surface area (Å²) in [6.45, 7) is 7.57. The van der Waals surface area contributed by atoms with Crippen molar-refractivity contribution < 1.29 is 9.53 Å². The lowest BCUT2D eigenvalue weighted by atomic mass is 10.0. The molecule has 1 aromatic rings. The first-order valence-electron chi connectivity index (χ1n) is 4.68. The van der Waals surface area contributed by atoms with Crippen molar-refractivity contribution in [1.29, 1.82) is 0 Å². The number of hydrogen-bond acceptors (Lipinski definition) is 4. The van der Waals surface area contributed by atoms with E-state index in [1.54, 1.807) is 12.1 Å². The lowest BCUT2D eigenvalue weighted by Gasteiger charge is -2.09. The van der Waals surface area contributed by atoms with E-state index in [9.17, 15) is 4.79 Å². The molecule has 0 aliphatic carbocycles. The highest BCUT2D eigenvalue weighted by atomic mass is 16.5. The Hall–Kier alpha value is -1.71. The first-order chi connectivity index (χ1) is 7.10. The molecule has 0 fully saturated rings. The normalized spacial score (nSPS) is 10.1. The van der Waals surface area contributed by atoms with Gasteiger partial charge in [0, 0.05) is 0 Å². The molecule has 0 aliphatic rings. The zero-order valence-electron chi connectivity index (χ0n) is 9.15. The molecule has 0 bridgehead atoms. The summed E-state index contributed by atoms with van der Waals surface area (Å²) >= 11 is 0. The van der Waals surface area contributed by atoms with Gasteiger partial charge in [-0.15, -0.1) is 5.10 Å². The zero-order chi connectivity index (χ0) is 11.4. The third-order valence-electron chi connectivity index (χ3n) is 2.05. The van der Waals surface area contributed by atoms with Gasteiger partial charge in [0.25, 0.3) is 0 Å². The molecule has 0 radical (unpaired) electrons. The van der Waals surface area contributed by atoms with E-state index in [2.05, 4.69) is 21.5 Å². The minimum atomic E-state index is -0.457. The molecular weight excluding hydrogens is 192 g/mol. The largest absolute Gasteiger partial charge is 0.464 e. The summed E-state index contributed by atoms with van der Waals surface area (Å²) in [5.41, 5.74) is 1.76. The van der Waals surface area contributed by atoms with E-state index in [1.807, 2.05) is 13.8 Å². The average Bonchev–Trinajstić information content (AvgIpc) is 2.27. The van der Waals surface area contributed by atoms with Gasteiger partial charge >= 0.3 is 5.97 Å². The monoisotopic (exact) mass is 206 g/mol. The third kappa shape index (κ3) is 2.40. The molecule has 0 saturated heterocycles. The number of ether oxygens (including phenoxy) is 1. The van der Waals surface area contributed by atoms with Crippen molar-refractivity contribution in [2.75, 3.05) is 7.11 Å². The summed E-state index contributed by atoms with van der Waals surface area (Å²) in [5, 5.41) is 7.69. The average molecular weight is 206 g/mol. The Morgan fingerprint density at radius 3 is 2.67 bits per heavy atom. The summed E-state index contributed by atoms with van der Waals surface area (Å²) in [7, 11) is 1.33. The predicted molar refractivity (Wildman–Crippen MR) is 57.6 cm³/mol. The predicted octanol–water partition coefficient (Wildman–Crippen LogP) is 2.03. The Labute approximate surface area is 89.0 Å². The van der Waals surface area contributed by atoms with Crippen LogP contribution in [0.4, 0.5) is 0 Å². The standard InChI is InChI=1S/C11H14N2O2/c1-5-8-6-9(7(2)3)10(13-12-8)11(14)15-4/h5-7H,1H2,2-4H3. The fourth-order valence-electron chi connectivity index (χ4n) is 1.22. The van der Waals surface area contributed by atoms with Gasteiger partial charge in [0.2, 0.25) is 0 Å². The van der Waals surface area contributed by atoms with Gasteiger partial charge in [-0.05, 0) is 23.6 Å². The molecule has 4 heteroatoms. The molecule has 0 spiro atoms. The van der Waals surface area contributed by atoms with Crippen LogP contribution in [0.3, 0.4) is 0 Å². The van der Waals surface area contributed by atoms with Crippen LogP contribution >= 0.6 is 0 Å². The number of hydrogen-bond donors (Lipinski definition) is 0. The van der Waals surface area contributed by atoms with Crippen molar-refractivity contribution in [1.82, 2.24) is 10.2 Å². The van der Waals surface area contributed by atoms with Gasteiger partial charge in [-0.25, -0.2) is 4.79 Å². The van der Waals surface area contributed by atoms with Crippen LogP contribution in [0.2, 0.25) is 0 Å². The molecule has 15 heavy (non-hydrogen) atoms. The zero-order valence-corrected chi connectivity index (χ0v) is 9.15. The number of esters is 1. The lowest BCUT2D eigenvalue weighted by molar-refractivity contribution is 0.0590. The maximum absolute atomic E-state index is 11.4. The topological polar surface area (TPSA) is 52.1 Å². The molecule has 1 heterocycles. The van der Waals surface area contributed by atoms with Crippen molar-refractivity contribution in [3.05, 3.63) is 29.6 Å². The minimum absolute atomic E-state index is 0.188. The second-order valence-electron chi connectivity index (χ2n) is 3.42. The molecule has 0 N–H and O–H groups in total. The summed E-state index contributed by atoms with van der Waals surface area (Å²) in [5.74, 6) is -0.268. The Bertz CT molecular complexity index is 386. The van der Waals surface area contributed by atoms with Gasteiger partial charge in [0.15, 0.2) is 5.69 Å². The molecule has 1 rings (SSSR count). The Morgan fingerprint density at radius 2 is 2.20 bits per heavy atom. The summed E-state index contributed by atoms with van der Waals surface area (Å²) in [6, 6.07) is 1.80. The highest BCUT2D eigenvalue weighted by Gasteiger charge is 2.17. The summed E-state index contributed by atoms with van der Waals surface area (Å²) in [6.07, 6.45) is 1.60. The number of methoxy groups -OCH3 is 1. The van der Waals surface area contributed by atoms with Crippen molar-refractivity contribution in [3.63, 3.8) is 0 Å². The fraction of sp³-hybridized carbons (Fsp3) is 0.364. The third-order valence-corrected chi connectivity index (χ3v) is 2.05. The van der Waals surface area contributed by atoms with Crippen LogP contribution in [-0.4, -0.2) is 23.3 Å². The first kappa shape index (κ1) is 11.4. The molecule has 0 atom stereocenters. The molecule has 4 nitrogen and oxygen atoms in total. The lowest BCUT2D eigenvalue weighted by Crippen LogP contribution is -2.11. The molecule has 0 saturated carbocycles. The van der Waals surface area contributed by atoms with E-state index in [1.165, 1.54) is 7.11 Å². The van der Waals surface area contributed by atoms with Crippen LogP contribution in [0.15, 0.2) is 12.6 Å². The molecule has 80 valence electrons. The van der Waals surface area contributed by atoms with Crippen LogP contribution in [0.5, 0.6) is 0 Å². The quantitative estimate of drug-likeness (QED) is 0.710. The van der Waals surface area contributed by atoms with Gasteiger partial charge in [-0.3, -0.25) is 0 Å². The maximum atomic E-state index is 11.4. The van der Waals surface area contributed by atoms with Gasteiger partial charge in [-0.2, -0.15) is 5.10 Å². The van der Waals surface area contributed by atoms with Crippen LogP contribution in [-0.2, 0) is 4.74 Å². The van der Waals surface area contributed by atoms with E-state index >= 15 is 0 Å². The van der Waals surface area contributed by atoms with Gasteiger partial charge in [0.05, 0.1) is 12.8 Å². The Morgan fingerprint density at radius 1 is 1.53 bits per heavy atom. The van der Waals surface area contributed by atoms with Crippen LogP contribution in [0.1, 0.15) is 41.5 Å². The molecule has 0 aliphatic heterocycles. The number of carbonyl (C=O) groups is 1. The van der Waals surface area contributed by atoms with E-state index < -0.39 is 5.97 Å². The van der Waals surface area contributed by atoms with Gasteiger partial charge in [0.1, 0.15) is 0 Å². The van der Waals surface area contributed by atoms with Crippen molar-refractivity contribution in [3.8, 4) is 0 Å². The van der Waals surface area contributed by atoms with Crippen molar-refractivity contribution >= 4 is 12.0 Å². The molecule has 0 aromatic carbocycles. The first-order valence-corrected chi connectivity index (χ1v) is 4.68. The van der Waals surface area contributed by atoms with Gasteiger partial charge < -0.3 is 4.74 Å². The molecular formula is C11H14N2O2. The molecule has 1 aromatic heterocycles. The van der Waals surface area contributed by atoms with Crippen LogP contribution < -0.4 is 0 Å². The summed E-state index contributed by atoms with van der Waals surface area (Å²) in [4.78, 5) is 11.4. The second kappa shape index (κ2) is 4.68. The molecule has 0 unspecified atom stereocenters. The molecule has 0 amide bonds. The smallest absolute Gasteiger partial charge is 0.358 e. The summed E-state index contributed by atoms with van der Waals surface area (Å²) < 4.78 is 4.63. The fourth-order valence-corrected chi connectivity index (χ4v) is 1.22. The second-order valence-corrected chi connectivity index (χ2v) is 3.42. The minimum Gasteiger partial charge on any atom is -0.464 e. The van der Waals surface area contributed by atoms with Crippen molar-refractivity contribution in [2.45, 2.75) is 19.8 Å². The van der Waals surface area contributed by atoms with E-state index in [0.717, 1.165) is 5.56 Å². The van der Waals surface area contributed by atoms with E-state index in [0.29, 0.717) is 5.69 Å². The highest BCUT2D eigenvalue weighted by Crippen LogP contribution is 2.19. The maximum Gasteiger partial charge on any atom is 0.358 e. The number of nitrogens with zero attached hydrogens (tertiary/aromatic N) is 2. The van der Waals surface area contributed by atoms with Crippen molar-refractivity contribution in [2.24, 2.45) is 0 Å².